The number of anilines is 1. The van der Waals surface area contributed by atoms with Crippen molar-refractivity contribution in [3.05, 3.63) is 24.3 Å². The van der Waals surface area contributed by atoms with E-state index < -0.39 is 0 Å². The topological polar surface area (TPSA) is 12.0 Å². The minimum atomic E-state index is 0.685. The van der Waals surface area contributed by atoms with Gasteiger partial charge in [-0.2, -0.15) is 0 Å². The van der Waals surface area contributed by atoms with Gasteiger partial charge >= 0.3 is 0 Å². The first-order valence-electron chi connectivity index (χ1n) is 5.70. The molecule has 1 aliphatic rings. The number of hydrogen-bond acceptors (Lipinski definition) is 2. The van der Waals surface area contributed by atoms with E-state index in [1.54, 1.807) is 11.8 Å². The molecule has 0 aliphatic heterocycles. The van der Waals surface area contributed by atoms with Crippen molar-refractivity contribution in [1.82, 2.24) is 0 Å². The van der Waals surface area contributed by atoms with Gasteiger partial charge < -0.3 is 5.32 Å². The highest BCUT2D eigenvalue weighted by Crippen LogP contribution is 2.28. The molecule has 1 N–H and O–H groups in total. The quantitative estimate of drug-likeness (QED) is 0.774. The third kappa shape index (κ3) is 2.69. The minimum Gasteiger partial charge on any atom is -0.382 e. The molecule has 1 aromatic rings. The van der Waals surface area contributed by atoms with Crippen molar-refractivity contribution >= 4 is 17.4 Å². The molecule has 0 unspecified atom stereocenters. The lowest BCUT2D eigenvalue weighted by atomic mass is 10.1. The SMILES string of the molecule is CSc1ccc(N[C@@H]2CCC[C@H]2C)cc1. The normalized spacial score (nSPS) is 25.5. The van der Waals surface area contributed by atoms with E-state index in [4.69, 9.17) is 0 Å². The van der Waals surface area contributed by atoms with Gasteiger partial charge in [0.25, 0.3) is 0 Å². The molecule has 0 spiro atoms. The maximum Gasteiger partial charge on any atom is 0.0343 e. The fraction of sp³-hybridized carbons (Fsp3) is 0.538. The summed E-state index contributed by atoms with van der Waals surface area (Å²) in [5.74, 6) is 0.824. The van der Waals surface area contributed by atoms with Gasteiger partial charge in [-0.1, -0.05) is 13.3 Å². The van der Waals surface area contributed by atoms with Crippen LogP contribution >= 0.6 is 11.8 Å². The Morgan fingerprint density at radius 1 is 1.20 bits per heavy atom. The zero-order valence-electron chi connectivity index (χ0n) is 9.49. The zero-order valence-corrected chi connectivity index (χ0v) is 10.3. The first-order chi connectivity index (χ1) is 7.29. The molecule has 0 amide bonds. The lowest BCUT2D eigenvalue weighted by molar-refractivity contribution is 0.556. The van der Waals surface area contributed by atoms with Crippen molar-refractivity contribution in [2.45, 2.75) is 37.1 Å². The predicted octanol–water partition coefficient (Wildman–Crippen LogP) is 4.01. The van der Waals surface area contributed by atoms with E-state index in [-0.39, 0.29) is 0 Å². The molecule has 82 valence electrons. The van der Waals surface area contributed by atoms with Gasteiger partial charge in [0, 0.05) is 16.6 Å². The van der Waals surface area contributed by atoms with Crippen LogP contribution in [0.25, 0.3) is 0 Å². The summed E-state index contributed by atoms with van der Waals surface area (Å²) in [6.45, 7) is 2.35. The van der Waals surface area contributed by atoms with Crippen molar-refractivity contribution in [1.29, 1.82) is 0 Å². The standard InChI is InChI=1S/C13H19NS/c1-10-4-3-5-13(10)14-11-6-8-12(15-2)9-7-11/h6-10,13-14H,3-5H2,1-2H3/t10-,13-/m1/s1. The van der Waals surface area contributed by atoms with E-state index in [1.807, 2.05) is 0 Å². The van der Waals surface area contributed by atoms with Crippen LogP contribution < -0.4 is 5.32 Å². The monoisotopic (exact) mass is 221 g/mol. The zero-order chi connectivity index (χ0) is 10.7. The second-order valence-corrected chi connectivity index (χ2v) is 5.27. The molecule has 0 heterocycles. The molecule has 1 nitrogen and oxygen atoms in total. The maximum atomic E-state index is 3.63. The van der Waals surface area contributed by atoms with E-state index in [1.165, 1.54) is 29.8 Å². The first kappa shape index (κ1) is 10.9. The Morgan fingerprint density at radius 2 is 1.93 bits per heavy atom. The molecule has 1 aliphatic carbocycles. The highest BCUT2D eigenvalue weighted by atomic mass is 32.2. The van der Waals surface area contributed by atoms with Crippen molar-refractivity contribution in [3.8, 4) is 0 Å². The van der Waals surface area contributed by atoms with Crippen molar-refractivity contribution < 1.29 is 0 Å². The molecule has 0 saturated heterocycles. The van der Waals surface area contributed by atoms with Crippen LogP contribution in [-0.2, 0) is 0 Å². The smallest absolute Gasteiger partial charge is 0.0343 e. The molecule has 1 saturated carbocycles. The second kappa shape index (κ2) is 4.93. The lowest BCUT2D eigenvalue weighted by Gasteiger charge is -2.18. The largest absolute Gasteiger partial charge is 0.382 e. The van der Waals surface area contributed by atoms with Crippen LogP contribution in [0.2, 0.25) is 0 Å². The molecular weight excluding hydrogens is 202 g/mol. The predicted molar refractivity (Wildman–Crippen MR) is 68.6 cm³/mol. The molecule has 0 bridgehead atoms. The van der Waals surface area contributed by atoms with E-state index >= 15 is 0 Å². The van der Waals surface area contributed by atoms with Gasteiger partial charge in [0.15, 0.2) is 0 Å². The van der Waals surface area contributed by atoms with Gasteiger partial charge in [-0.05, 0) is 49.3 Å². The Labute approximate surface area is 96.7 Å². The van der Waals surface area contributed by atoms with Crippen LogP contribution in [0.1, 0.15) is 26.2 Å². The van der Waals surface area contributed by atoms with Gasteiger partial charge in [-0.3, -0.25) is 0 Å². The Kier molecular flexibility index (Phi) is 3.57. The van der Waals surface area contributed by atoms with Crippen LogP contribution in [-0.4, -0.2) is 12.3 Å². The van der Waals surface area contributed by atoms with Gasteiger partial charge in [-0.15, -0.1) is 11.8 Å². The number of rotatable bonds is 3. The average molecular weight is 221 g/mol. The van der Waals surface area contributed by atoms with Crippen molar-refractivity contribution in [2.24, 2.45) is 5.92 Å². The van der Waals surface area contributed by atoms with E-state index in [0.717, 1.165) is 5.92 Å². The number of nitrogens with one attached hydrogen (secondary N) is 1. The summed E-state index contributed by atoms with van der Waals surface area (Å²) in [7, 11) is 0. The first-order valence-corrected chi connectivity index (χ1v) is 6.92. The van der Waals surface area contributed by atoms with Crippen LogP contribution in [0.4, 0.5) is 5.69 Å². The van der Waals surface area contributed by atoms with Crippen LogP contribution in [0.15, 0.2) is 29.2 Å². The number of benzene rings is 1. The molecule has 2 heteroatoms. The van der Waals surface area contributed by atoms with E-state index in [2.05, 4.69) is 42.8 Å². The third-order valence-corrected chi connectivity index (χ3v) is 4.05. The summed E-state index contributed by atoms with van der Waals surface area (Å²) in [6.07, 6.45) is 6.19. The molecule has 0 radical (unpaired) electrons. The molecule has 1 fully saturated rings. The molecule has 15 heavy (non-hydrogen) atoms. The highest BCUT2D eigenvalue weighted by molar-refractivity contribution is 7.98. The molecule has 0 aromatic heterocycles. The fourth-order valence-corrected chi connectivity index (χ4v) is 2.67. The molecule has 2 rings (SSSR count). The van der Waals surface area contributed by atoms with Crippen LogP contribution in [0.5, 0.6) is 0 Å². The van der Waals surface area contributed by atoms with Crippen molar-refractivity contribution in [3.63, 3.8) is 0 Å². The Hall–Kier alpha value is -0.630. The maximum absolute atomic E-state index is 3.63. The summed E-state index contributed by atoms with van der Waals surface area (Å²) >= 11 is 1.79. The van der Waals surface area contributed by atoms with Crippen molar-refractivity contribution in [2.75, 3.05) is 11.6 Å². The summed E-state index contributed by atoms with van der Waals surface area (Å²) < 4.78 is 0. The summed E-state index contributed by atoms with van der Waals surface area (Å²) in [4.78, 5) is 1.33. The van der Waals surface area contributed by atoms with Gasteiger partial charge in [-0.25, -0.2) is 0 Å². The van der Waals surface area contributed by atoms with Gasteiger partial charge in [0.1, 0.15) is 0 Å². The lowest BCUT2D eigenvalue weighted by Crippen LogP contribution is -2.21. The van der Waals surface area contributed by atoms with Crippen LogP contribution in [0, 0.1) is 5.92 Å². The second-order valence-electron chi connectivity index (χ2n) is 4.39. The Bertz CT molecular complexity index is 307. The average Bonchev–Trinajstić information content (AvgIpc) is 2.66. The summed E-state index contributed by atoms with van der Waals surface area (Å²) in [6, 6.07) is 9.44. The van der Waals surface area contributed by atoms with Gasteiger partial charge in [0.05, 0.1) is 0 Å². The number of thioether (sulfide) groups is 1. The summed E-state index contributed by atoms with van der Waals surface area (Å²) in [5.41, 5.74) is 1.27. The highest BCUT2D eigenvalue weighted by Gasteiger charge is 2.22. The third-order valence-electron chi connectivity index (χ3n) is 3.30. The fourth-order valence-electron chi connectivity index (χ4n) is 2.26. The summed E-state index contributed by atoms with van der Waals surface area (Å²) in [5, 5.41) is 3.63. The Morgan fingerprint density at radius 3 is 2.47 bits per heavy atom. The van der Waals surface area contributed by atoms with E-state index in [0.29, 0.717) is 6.04 Å². The van der Waals surface area contributed by atoms with Crippen LogP contribution in [0.3, 0.4) is 0 Å². The molecule has 1 aromatic carbocycles. The Balaban J connectivity index is 1.98. The molecule has 2 atom stereocenters. The minimum absolute atomic E-state index is 0.685. The van der Waals surface area contributed by atoms with Gasteiger partial charge in [0.2, 0.25) is 0 Å². The molecular formula is C13H19NS. The number of hydrogen-bond donors (Lipinski definition) is 1. The van der Waals surface area contributed by atoms with E-state index in [9.17, 15) is 0 Å².